The summed E-state index contributed by atoms with van der Waals surface area (Å²) >= 11 is 0. The number of anilines is 1. The topological polar surface area (TPSA) is 81.2 Å². The van der Waals surface area contributed by atoms with Crippen LogP contribution in [0, 0.1) is 24.0 Å². The number of hydrogen-bond acceptors (Lipinski definition) is 5. The molecule has 0 fully saturated rings. The molecule has 0 saturated heterocycles. The molecule has 18 heavy (non-hydrogen) atoms. The Hall–Kier alpha value is -2.37. The standard InChI is InChI=1S/C12H13N3O3/c1-8-3-10(6-12(4-8)15(16)17)13-7-11-5-9(2)18-14-11/h3-6,13H,7H2,1-2H3. The van der Waals surface area contributed by atoms with Gasteiger partial charge in [0.25, 0.3) is 5.69 Å². The van der Waals surface area contributed by atoms with E-state index in [-0.39, 0.29) is 5.69 Å². The van der Waals surface area contributed by atoms with E-state index < -0.39 is 4.92 Å². The maximum Gasteiger partial charge on any atom is 0.271 e. The van der Waals surface area contributed by atoms with Crippen LogP contribution >= 0.6 is 0 Å². The Balaban J connectivity index is 2.11. The van der Waals surface area contributed by atoms with Crippen molar-refractivity contribution in [1.82, 2.24) is 5.16 Å². The molecule has 1 aromatic heterocycles. The maximum absolute atomic E-state index is 10.7. The summed E-state index contributed by atoms with van der Waals surface area (Å²) in [5.41, 5.74) is 2.37. The summed E-state index contributed by atoms with van der Waals surface area (Å²) in [6, 6.07) is 6.70. The molecule has 0 unspecified atom stereocenters. The molecule has 0 aliphatic rings. The molecule has 1 aromatic carbocycles. The van der Waals surface area contributed by atoms with Crippen molar-refractivity contribution in [2.45, 2.75) is 20.4 Å². The highest BCUT2D eigenvalue weighted by molar-refractivity contribution is 5.53. The molecule has 6 heteroatoms. The van der Waals surface area contributed by atoms with Crippen molar-refractivity contribution in [3.05, 3.63) is 51.4 Å². The van der Waals surface area contributed by atoms with Gasteiger partial charge in [0, 0.05) is 23.9 Å². The van der Waals surface area contributed by atoms with Crippen molar-refractivity contribution < 1.29 is 9.45 Å². The molecular formula is C12H13N3O3. The number of aryl methyl sites for hydroxylation is 2. The molecule has 0 spiro atoms. The van der Waals surface area contributed by atoms with Crippen LogP contribution in [-0.4, -0.2) is 10.1 Å². The quantitative estimate of drug-likeness (QED) is 0.663. The van der Waals surface area contributed by atoms with Gasteiger partial charge in [0.2, 0.25) is 0 Å². The number of hydrogen-bond donors (Lipinski definition) is 1. The lowest BCUT2D eigenvalue weighted by Gasteiger charge is -2.05. The minimum Gasteiger partial charge on any atom is -0.379 e. The van der Waals surface area contributed by atoms with Crippen molar-refractivity contribution in [2.24, 2.45) is 0 Å². The van der Waals surface area contributed by atoms with Gasteiger partial charge in [-0.1, -0.05) is 5.16 Å². The Morgan fingerprint density at radius 3 is 2.72 bits per heavy atom. The highest BCUT2D eigenvalue weighted by Gasteiger charge is 2.08. The lowest BCUT2D eigenvalue weighted by molar-refractivity contribution is -0.384. The fourth-order valence-corrected chi connectivity index (χ4v) is 1.66. The van der Waals surface area contributed by atoms with E-state index in [1.165, 1.54) is 12.1 Å². The molecule has 94 valence electrons. The second-order valence-electron chi connectivity index (χ2n) is 4.10. The van der Waals surface area contributed by atoms with Crippen LogP contribution in [0.15, 0.2) is 28.8 Å². The Kier molecular flexibility index (Phi) is 3.27. The SMILES string of the molecule is Cc1cc(NCc2cc(C)on2)cc([N+](=O)[O-])c1. The summed E-state index contributed by atoms with van der Waals surface area (Å²) in [5, 5.41) is 17.7. The summed E-state index contributed by atoms with van der Waals surface area (Å²) in [4.78, 5) is 10.3. The predicted octanol–water partition coefficient (Wildman–Crippen LogP) is 2.81. The highest BCUT2D eigenvalue weighted by atomic mass is 16.6. The van der Waals surface area contributed by atoms with Gasteiger partial charge in [-0.3, -0.25) is 10.1 Å². The third-order valence-corrected chi connectivity index (χ3v) is 2.42. The molecule has 6 nitrogen and oxygen atoms in total. The smallest absolute Gasteiger partial charge is 0.271 e. The van der Waals surface area contributed by atoms with E-state index in [2.05, 4.69) is 10.5 Å². The van der Waals surface area contributed by atoms with Crippen molar-refractivity contribution in [3.63, 3.8) is 0 Å². The van der Waals surface area contributed by atoms with Crippen molar-refractivity contribution in [2.75, 3.05) is 5.32 Å². The molecule has 1 N–H and O–H groups in total. The monoisotopic (exact) mass is 247 g/mol. The second kappa shape index (κ2) is 4.87. The van der Waals surface area contributed by atoms with Gasteiger partial charge < -0.3 is 9.84 Å². The zero-order chi connectivity index (χ0) is 13.1. The van der Waals surface area contributed by atoms with Gasteiger partial charge in [-0.25, -0.2) is 0 Å². The third kappa shape index (κ3) is 2.85. The van der Waals surface area contributed by atoms with E-state index >= 15 is 0 Å². The number of non-ortho nitro benzene ring substituents is 1. The van der Waals surface area contributed by atoms with Crippen LogP contribution in [0.3, 0.4) is 0 Å². The largest absolute Gasteiger partial charge is 0.379 e. The Morgan fingerprint density at radius 1 is 1.33 bits per heavy atom. The first-order valence-electron chi connectivity index (χ1n) is 5.47. The van der Waals surface area contributed by atoms with Gasteiger partial charge in [-0.15, -0.1) is 0 Å². The highest BCUT2D eigenvalue weighted by Crippen LogP contribution is 2.20. The minimum atomic E-state index is -0.404. The number of aromatic nitrogens is 1. The number of nitrogens with one attached hydrogen (secondary N) is 1. The van der Waals surface area contributed by atoms with Crippen LogP contribution in [0.2, 0.25) is 0 Å². The number of rotatable bonds is 4. The van der Waals surface area contributed by atoms with E-state index in [0.717, 1.165) is 17.0 Å². The molecule has 1 heterocycles. The lowest BCUT2D eigenvalue weighted by Crippen LogP contribution is -2.00. The second-order valence-corrected chi connectivity index (χ2v) is 4.10. The number of nitro groups is 1. The van der Waals surface area contributed by atoms with E-state index in [4.69, 9.17) is 4.52 Å². The first-order valence-corrected chi connectivity index (χ1v) is 5.47. The van der Waals surface area contributed by atoms with E-state index in [1.54, 1.807) is 0 Å². The average molecular weight is 247 g/mol. The number of benzene rings is 1. The normalized spacial score (nSPS) is 10.3. The summed E-state index contributed by atoms with van der Waals surface area (Å²) < 4.78 is 4.94. The van der Waals surface area contributed by atoms with Crippen molar-refractivity contribution in [3.8, 4) is 0 Å². The van der Waals surface area contributed by atoms with Gasteiger partial charge in [0.1, 0.15) is 11.5 Å². The first kappa shape index (κ1) is 12.1. The van der Waals surface area contributed by atoms with E-state index in [9.17, 15) is 10.1 Å². The van der Waals surface area contributed by atoms with Crippen molar-refractivity contribution in [1.29, 1.82) is 0 Å². The molecular weight excluding hydrogens is 234 g/mol. The summed E-state index contributed by atoms with van der Waals surface area (Å²) in [6.45, 7) is 4.10. The molecule has 0 saturated carbocycles. The predicted molar refractivity (Wildman–Crippen MR) is 66.4 cm³/mol. The molecule has 2 rings (SSSR count). The zero-order valence-corrected chi connectivity index (χ0v) is 10.1. The first-order chi connectivity index (χ1) is 8.54. The van der Waals surface area contributed by atoms with Crippen LogP contribution in [0.25, 0.3) is 0 Å². The summed E-state index contributed by atoms with van der Waals surface area (Å²) in [7, 11) is 0. The van der Waals surface area contributed by atoms with Crippen LogP contribution in [0.4, 0.5) is 11.4 Å². The zero-order valence-electron chi connectivity index (χ0n) is 10.1. The Bertz CT molecular complexity index is 578. The minimum absolute atomic E-state index is 0.0776. The number of nitro benzene ring substituents is 1. The molecule has 0 atom stereocenters. The fourth-order valence-electron chi connectivity index (χ4n) is 1.66. The Morgan fingerprint density at radius 2 is 2.11 bits per heavy atom. The van der Waals surface area contributed by atoms with Gasteiger partial charge in [0.15, 0.2) is 0 Å². The molecule has 2 aromatic rings. The molecule has 0 aliphatic carbocycles. The van der Waals surface area contributed by atoms with Gasteiger partial charge >= 0.3 is 0 Å². The van der Waals surface area contributed by atoms with E-state index in [1.807, 2.05) is 26.0 Å². The van der Waals surface area contributed by atoms with Crippen LogP contribution in [0.5, 0.6) is 0 Å². The average Bonchev–Trinajstić information content (AvgIpc) is 2.72. The Labute approximate surface area is 104 Å². The van der Waals surface area contributed by atoms with Crippen LogP contribution in [0.1, 0.15) is 17.0 Å². The fraction of sp³-hybridized carbons (Fsp3) is 0.250. The number of nitrogens with zero attached hydrogens (tertiary/aromatic N) is 2. The summed E-state index contributed by atoms with van der Waals surface area (Å²) in [6.07, 6.45) is 0. The maximum atomic E-state index is 10.7. The van der Waals surface area contributed by atoms with Gasteiger partial charge in [0.05, 0.1) is 11.5 Å². The molecule has 0 amide bonds. The van der Waals surface area contributed by atoms with Crippen molar-refractivity contribution >= 4 is 11.4 Å². The summed E-state index contributed by atoms with van der Waals surface area (Å²) in [5.74, 6) is 0.738. The molecule has 0 aliphatic heterocycles. The van der Waals surface area contributed by atoms with Gasteiger partial charge in [-0.2, -0.15) is 0 Å². The van der Waals surface area contributed by atoms with Gasteiger partial charge in [-0.05, 0) is 25.5 Å². The molecule has 0 bridgehead atoms. The van der Waals surface area contributed by atoms with E-state index in [0.29, 0.717) is 12.2 Å². The van der Waals surface area contributed by atoms with Crippen LogP contribution in [-0.2, 0) is 6.54 Å². The van der Waals surface area contributed by atoms with Crippen LogP contribution < -0.4 is 5.32 Å². The molecule has 0 radical (unpaired) electrons. The lowest BCUT2D eigenvalue weighted by atomic mass is 10.2. The third-order valence-electron chi connectivity index (χ3n) is 2.42.